The van der Waals surface area contributed by atoms with E-state index in [-0.39, 0.29) is 0 Å². The molecule has 246 valence electrons. The summed E-state index contributed by atoms with van der Waals surface area (Å²) in [6.45, 7) is 0. The Morgan fingerprint density at radius 3 is 1.72 bits per heavy atom. The van der Waals surface area contributed by atoms with Crippen LogP contribution in [0.25, 0.3) is 112 Å². The Kier molecular flexibility index (Phi) is 6.48. The van der Waals surface area contributed by atoms with Gasteiger partial charge in [0, 0.05) is 44.6 Å². The second-order valence-electron chi connectivity index (χ2n) is 13.4. The molecule has 53 heavy (non-hydrogen) atoms. The molecule has 1 aliphatic carbocycles. The molecule has 7 aromatic carbocycles. The van der Waals surface area contributed by atoms with Crippen LogP contribution in [-0.4, -0.2) is 19.9 Å². The number of pyridine rings is 1. The van der Waals surface area contributed by atoms with Gasteiger partial charge in [0.2, 0.25) is 0 Å². The van der Waals surface area contributed by atoms with Crippen molar-refractivity contribution >= 4 is 32.7 Å². The highest BCUT2D eigenvalue weighted by molar-refractivity contribution is 6.15. The quantitative estimate of drug-likeness (QED) is 0.181. The summed E-state index contributed by atoms with van der Waals surface area (Å²) in [5.74, 6) is 1.81. The predicted molar refractivity (Wildman–Crippen MR) is 214 cm³/mol. The molecule has 0 saturated carbocycles. The minimum absolute atomic E-state index is 0.596. The van der Waals surface area contributed by atoms with E-state index in [0.29, 0.717) is 17.5 Å². The maximum Gasteiger partial charge on any atom is 0.164 e. The summed E-state index contributed by atoms with van der Waals surface area (Å²) >= 11 is 0. The summed E-state index contributed by atoms with van der Waals surface area (Å²) < 4.78 is 6.25. The van der Waals surface area contributed by atoms with E-state index in [9.17, 15) is 0 Å². The van der Waals surface area contributed by atoms with E-state index in [1.54, 1.807) is 0 Å². The maximum absolute atomic E-state index is 6.25. The van der Waals surface area contributed by atoms with Crippen molar-refractivity contribution < 1.29 is 4.42 Å². The monoisotopic (exact) mass is 676 g/mol. The highest BCUT2D eigenvalue weighted by Crippen LogP contribution is 2.47. The molecule has 5 nitrogen and oxygen atoms in total. The zero-order chi connectivity index (χ0) is 34.9. The number of fused-ring (bicyclic) bond motifs is 6. The van der Waals surface area contributed by atoms with Gasteiger partial charge >= 0.3 is 0 Å². The number of aromatic nitrogens is 4. The summed E-state index contributed by atoms with van der Waals surface area (Å²) in [6, 6.07) is 56.7. The number of benzene rings is 7. The summed E-state index contributed by atoms with van der Waals surface area (Å²) in [5.41, 5.74) is 13.6. The third kappa shape index (κ3) is 4.79. The maximum atomic E-state index is 6.25. The van der Waals surface area contributed by atoms with Crippen LogP contribution in [-0.2, 0) is 0 Å². The van der Waals surface area contributed by atoms with Crippen LogP contribution in [0.3, 0.4) is 0 Å². The van der Waals surface area contributed by atoms with Gasteiger partial charge in [-0.3, -0.25) is 4.98 Å². The fourth-order valence-electron chi connectivity index (χ4n) is 7.79. The minimum atomic E-state index is 0.596. The normalized spacial score (nSPS) is 11.8. The molecule has 0 N–H and O–H groups in total. The molecule has 0 aliphatic heterocycles. The highest BCUT2D eigenvalue weighted by Gasteiger charge is 2.23. The van der Waals surface area contributed by atoms with Crippen molar-refractivity contribution in [3.63, 3.8) is 0 Å². The SMILES string of the molecule is c1ccc(-c2ccc(-c3nc(-c4ccc(-c5cc6c7c(nccc7c5)-c5ccccc5-6)cc4)nc(-c4cccc5oc6ccccc6c45)n3)cc2)cc1. The number of furan rings is 1. The molecule has 3 aromatic heterocycles. The Bertz CT molecular complexity index is 3040. The van der Waals surface area contributed by atoms with Crippen LogP contribution < -0.4 is 0 Å². The van der Waals surface area contributed by atoms with Gasteiger partial charge in [0.25, 0.3) is 0 Å². The van der Waals surface area contributed by atoms with E-state index >= 15 is 0 Å². The largest absolute Gasteiger partial charge is 0.456 e. The Hall–Kier alpha value is -7.24. The minimum Gasteiger partial charge on any atom is -0.456 e. The molecule has 10 aromatic rings. The van der Waals surface area contributed by atoms with Gasteiger partial charge in [0.15, 0.2) is 17.5 Å². The van der Waals surface area contributed by atoms with Gasteiger partial charge < -0.3 is 4.42 Å². The zero-order valence-corrected chi connectivity index (χ0v) is 28.4. The van der Waals surface area contributed by atoms with Crippen LogP contribution in [0.1, 0.15) is 0 Å². The third-order valence-electron chi connectivity index (χ3n) is 10.3. The van der Waals surface area contributed by atoms with Crippen molar-refractivity contribution in [3.8, 4) is 78.8 Å². The lowest BCUT2D eigenvalue weighted by atomic mass is 9.96. The van der Waals surface area contributed by atoms with Crippen molar-refractivity contribution in [2.24, 2.45) is 0 Å². The van der Waals surface area contributed by atoms with Crippen molar-refractivity contribution in [1.82, 2.24) is 19.9 Å². The zero-order valence-electron chi connectivity index (χ0n) is 28.4. The van der Waals surface area contributed by atoms with Crippen LogP contribution in [0.5, 0.6) is 0 Å². The predicted octanol–water partition coefficient (Wildman–Crippen LogP) is 12.3. The van der Waals surface area contributed by atoms with E-state index in [4.69, 9.17) is 24.4 Å². The van der Waals surface area contributed by atoms with Crippen molar-refractivity contribution in [2.45, 2.75) is 0 Å². The molecule has 0 bridgehead atoms. The first-order valence-electron chi connectivity index (χ1n) is 17.7. The van der Waals surface area contributed by atoms with Crippen LogP contribution in [0.4, 0.5) is 0 Å². The first kappa shape index (κ1) is 29.5. The van der Waals surface area contributed by atoms with Crippen LogP contribution in [0.2, 0.25) is 0 Å². The number of nitrogens with zero attached hydrogens (tertiary/aromatic N) is 4. The van der Waals surface area contributed by atoms with Gasteiger partial charge in [0.05, 0.1) is 5.69 Å². The molecule has 11 rings (SSSR count). The molecule has 1 aliphatic rings. The lowest BCUT2D eigenvalue weighted by Crippen LogP contribution is -2.00. The van der Waals surface area contributed by atoms with E-state index in [0.717, 1.165) is 66.6 Å². The summed E-state index contributed by atoms with van der Waals surface area (Å²) in [6.07, 6.45) is 1.91. The van der Waals surface area contributed by atoms with Crippen molar-refractivity contribution in [1.29, 1.82) is 0 Å². The average molecular weight is 677 g/mol. The number of hydrogen-bond donors (Lipinski definition) is 0. The van der Waals surface area contributed by atoms with Crippen LogP contribution >= 0.6 is 0 Å². The number of hydrogen-bond acceptors (Lipinski definition) is 5. The molecule has 3 heterocycles. The first-order valence-corrected chi connectivity index (χ1v) is 17.7. The molecule has 5 heteroatoms. The van der Waals surface area contributed by atoms with E-state index in [2.05, 4.69) is 127 Å². The van der Waals surface area contributed by atoms with E-state index in [1.807, 2.05) is 42.6 Å². The number of para-hydroxylation sites is 1. The first-order chi connectivity index (χ1) is 26.2. The summed E-state index contributed by atoms with van der Waals surface area (Å²) in [7, 11) is 0. The van der Waals surface area contributed by atoms with Gasteiger partial charge in [0.1, 0.15) is 11.2 Å². The Labute approximate surface area is 304 Å². The average Bonchev–Trinajstić information content (AvgIpc) is 3.78. The standard InChI is InChI=1S/C48H28N4O/c1-2-9-29(10-3-1)30-17-21-32(22-18-30)46-50-47(52-48(51-46)39-14-8-16-42-44(39)38-13-6-7-15-41(38)53-42)33-23-19-31(20-24-33)35-27-34-25-26-49-45-37-12-5-4-11-36(37)40(28-35)43(34)45/h1-28H. The van der Waals surface area contributed by atoms with Gasteiger partial charge in [-0.15, -0.1) is 0 Å². The smallest absolute Gasteiger partial charge is 0.164 e. The second-order valence-corrected chi connectivity index (χ2v) is 13.4. The molecular formula is C48H28N4O. The van der Waals surface area contributed by atoms with Gasteiger partial charge in [-0.05, 0) is 69.1 Å². The Morgan fingerprint density at radius 1 is 0.358 bits per heavy atom. The van der Waals surface area contributed by atoms with Crippen molar-refractivity contribution in [3.05, 3.63) is 170 Å². The lowest BCUT2D eigenvalue weighted by Gasteiger charge is -2.11. The second kappa shape index (κ2) is 11.7. The molecule has 0 amide bonds. The van der Waals surface area contributed by atoms with Crippen LogP contribution in [0.15, 0.2) is 174 Å². The van der Waals surface area contributed by atoms with Gasteiger partial charge in [-0.2, -0.15) is 0 Å². The summed E-state index contributed by atoms with van der Waals surface area (Å²) in [4.78, 5) is 20.1. The molecule has 0 radical (unpaired) electrons. The third-order valence-corrected chi connectivity index (χ3v) is 10.3. The summed E-state index contributed by atoms with van der Waals surface area (Å²) in [5, 5.41) is 4.43. The Balaban J connectivity index is 1.04. The Morgan fingerprint density at radius 2 is 0.943 bits per heavy atom. The molecule has 0 fully saturated rings. The molecular weight excluding hydrogens is 649 g/mol. The van der Waals surface area contributed by atoms with Crippen molar-refractivity contribution in [2.75, 3.05) is 0 Å². The molecule has 0 spiro atoms. The van der Waals surface area contributed by atoms with Gasteiger partial charge in [-0.1, -0.05) is 133 Å². The fourth-order valence-corrected chi connectivity index (χ4v) is 7.79. The topological polar surface area (TPSA) is 64.7 Å². The highest BCUT2D eigenvalue weighted by atomic mass is 16.3. The molecule has 0 atom stereocenters. The molecule has 0 unspecified atom stereocenters. The lowest BCUT2D eigenvalue weighted by molar-refractivity contribution is 0.669. The molecule has 0 saturated heterocycles. The van der Waals surface area contributed by atoms with E-state index < -0.39 is 0 Å². The van der Waals surface area contributed by atoms with E-state index in [1.165, 1.54) is 27.5 Å². The van der Waals surface area contributed by atoms with Crippen LogP contribution in [0, 0.1) is 0 Å². The fraction of sp³-hybridized carbons (Fsp3) is 0. The van der Waals surface area contributed by atoms with Gasteiger partial charge in [-0.25, -0.2) is 15.0 Å². The number of rotatable bonds is 5.